The molecule has 0 saturated heterocycles. The first-order valence-electron chi connectivity index (χ1n) is 7.51. The third kappa shape index (κ3) is 3.39. The van der Waals surface area contributed by atoms with Gasteiger partial charge in [0.1, 0.15) is 0 Å². The number of ether oxygens (including phenoxy) is 1. The van der Waals surface area contributed by atoms with Gasteiger partial charge in [-0.1, -0.05) is 20.8 Å². The van der Waals surface area contributed by atoms with Crippen molar-refractivity contribution < 1.29 is 4.74 Å². The zero-order valence-corrected chi connectivity index (χ0v) is 13.0. The molecular formula is C15H23N5O. The van der Waals surface area contributed by atoms with Gasteiger partial charge in [-0.05, 0) is 24.8 Å². The molecule has 6 nitrogen and oxygen atoms in total. The van der Waals surface area contributed by atoms with Crippen molar-refractivity contribution in [1.82, 2.24) is 20.0 Å². The lowest BCUT2D eigenvalue weighted by atomic mass is 10.0. The lowest BCUT2D eigenvalue weighted by Crippen LogP contribution is -2.10. The second-order valence-electron chi connectivity index (χ2n) is 4.86. The molecule has 0 aliphatic rings. The molecule has 2 N–H and O–H groups in total. The molecule has 21 heavy (non-hydrogen) atoms. The Morgan fingerprint density at radius 2 is 1.95 bits per heavy atom. The van der Waals surface area contributed by atoms with E-state index < -0.39 is 0 Å². The largest absolute Gasteiger partial charge is 0.434 e. The minimum absolute atomic E-state index is 0.393. The van der Waals surface area contributed by atoms with E-state index in [1.165, 1.54) is 0 Å². The van der Waals surface area contributed by atoms with Crippen LogP contribution in [-0.2, 0) is 25.9 Å². The summed E-state index contributed by atoms with van der Waals surface area (Å²) in [6.07, 6.45) is 6.30. The highest BCUT2D eigenvalue weighted by molar-refractivity contribution is 5.38. The van der Waals surface area contributed by atoms with Crippen molar-refractivity contribution in [1.29, 1.82) is 0 Å². The van der Waals surface area contributed by atoms with Gasteiger partial charge in [-0.3, -0.25) is 4.68 Å². The molecule has 6 heteroatoms. The second-order valence-corrected chi connectivity index (χ2v) is 4.86. The van der Waals surface area contributed by atoms with Gasteiger partial charge in [0.2, 0.25) is 5.88 Å². The maximum Gasteiger partial charge on any atom is 0.243 e. The molecule has 2 aromatic rings. The summed E-state index contributed by atoms with van der Waals surface area (Å²) in [5, 5.41) is 12.7. The van der Waals surface area contributed by atoms with Gasteiger partial charge >= 0.3 is 0 Å². The molecule has 0 spiro atoms. The van der Waals surface area contributed by atoms with Gasteiger partial charge in [0.25, 0.3) is 0 Å². The molecule has 0 radical (unpaired) electrons. The third-order valence-electron chi connectivity index (χ3n) is 3.40. The molecular weight excluding hydrogens is 266 g/mol. The van der Waals surface area contributed by atoms with E-state index in [1.54, 1.807) is 6.20 Å². The molecule has 2 heterocycles. The Kier molecular flexibility index (Phi) is 5.27. The van der Waals surface area contributed by atoms with E-state index in [2.05, 4.69) is 36.1 Å². The van der Waals surface area contributed by atoms with E-state index in [0.29, 0.717) is 18.2 Å². The van der Waals surface area contributed by atoms with Crippen molar-refractivity contribution in [3.8, 4) is 11.6 Å². The predicted molar refractivity (Wildman–Crippen MR) is 81.3 cm³/mol. The Bertz CT molecular complexity index is 594. The summed E-state index contributed by atoms with van der Waals surface area (Å²) >= 11 is 0. The summed E-state index contributed by atoms with van der Waals surface area (Å²) in [4.78, 5) is 0. The molecule has 0 unspecified atom stereocenters. The fourth-order valence-corrected chi connectivity index (χ4v) is 2.38. The Hall–Kier alpha value is -1.95. The SMILES string of the molecule is CCCn1cc(Oc2nnc(CC)c(CC)c2CN)cn1. The maximum atomic E-state index is 5.89. The summed E-state index contributed by atoms with van der Waals surface area (Å²) in [5.41, 5.74) is 8.96. The summed E-state index contributed by atoms with van der Waals surface area (Å²) in [7, 11) is 0. The summed E-state index contributed by atoms with van der Waals surface area (Å²) < 4.78 is 7.69. The molecule has 0 aliphatic heterocycles. The monoisotopic (exact) mass is 289 g/mol. The quantitative estimate of drug-likeness (QED) is 0.847. The highest BCUT2D eigenvalue weighted by Gasteiger charge is 2.15. The van der Waals surface area contributed by atoms with Crippen LogP contribution in [0.15, 0.2) is 12.4 Å². The number of hydrogen-bond acceptors (Lipinski definition) is 5. The van der Waals surface area contributed by atoms with Crippen LogP contribution in [-0.4, -0.2) is 20.0 Å². The number of aromatic nitrogens is 4. The molecule has 114 valence electrons. The van der Waals surface area contributed by atoms with E-state index in [1.807, 2.05) is 10.9 Å². The lowest BCUT2D eigenvalue weighted by Gasteiger charge is -2.13. The van der Waals surface area contributed by atoms with Crippen LogP contribution in [0.2, 0.25) is 0 Å². The first-order chi connectivity index (χ1) is 10.2. The van der Waals surface area contributed by atoms with Crippen molar-refractivity contribution in [3.05, 3.63) is 29.2 Å². The van der Waals surface area contributed by atoms with Crippen LogP contribution in [0.25, 0.3) is 0 Å². The average Bonchev–Trinajstić information content (AvgIpc) is 2.94. The van der Waals surface area contributed by atoms with Crippen LogP contribution in [0.1, 0.15) is 44.0 Å². The molecule has 0 bridgehead atoms. The number of hydrogen-bond donors (Lipinski definition) is 1. The van der Waals surface area contributed by atoms with Gasteiger partial charge in [0.05, 0.1) is 18.1 Å². The highest BCUT2D eigenvalue weighted by Crippen LogP contribution is 2.26. The first kappa shape index (κ1) is 15.4. The summed E-state index contributed by atoms with van der Waals surface area (Å²) in [5.74, 6) is 1.15. The zero-order chi connectivity index (χ0) is 15.2. The van der Waals surface area contributed by atoms with Crippen LogP contribution >= 0.6 is 0 Å². The Balaban J connectivity index is 2.30. The molecule has 0 saturated carbocycles. The molecule has 2 rings (SSSR count). The minimum atomic E-state index is 0.393. The molecule has 0 atom stereocenters. The van der Waals surface area contributed by atoms with Crippen LogP contribution in [0.4, 0.5) is 0 Å². The van der Waals surface area contributed by atoms with E-state index in [4.69, 9.17) is 10.5 Å². The van der Waals surface area contributed by atoms with Gasteiger partial charge in [0, 0.05) is 18.7 Å². The molecule has 0 fully saturated rings. The van der Waals surface area contributed by atoms with Crippen LogP contribution in [0, 0.1) is 0 Å². The van der Waals surface area contributed by atoms with E-state index in [9.17, 15) is 0 Å². The average molecular weight is 289 g/mol. The topological polar surface area (TPSA) is 78.8 Å². The van der Waals surface area contributed by atoms with Crippen molar-refractivity contribution >= 4 is 0 Å². The normalized spacial score (nSPS) is 10.9. The van der Waals surface area contributed by atoms with Gasteiger partial charge in [-0.25, -0.2) is 0 Å². The number of nitrogens with zero attached hydrogens (tertiary/aromatic N) is 4. The Morgan fingerprint density at radius 3 is 2.57 bits per heavy atom. The van der Waals surface area contributed by atoms with E-state index in [-0.39, 0.29) is 0 Å². The Morgan fingerprint density at radius 1 is 1.14 bits per heavy atom. The van der Waals surface area contributed by atoms with Crippen LogP contribution < -0.4 is 10.5 Å². The van der Waals surface area contributed by atoms with Gasteiger partial charge in [-0.15, -0.1) is 5.10 Å². The first-order valence-corrected chi connectivity index (χ1v) is 7.51. The fourth-order valence-electron chi connectivity index (χ4n) is 2.38. The molecule has 0 aliphatic carbocycles. The van der Waals surface area contributed by atoms with Crippen molar-refractivity contribution in [3.63, 3.8) is 0 Å². The maximum absolute atomic E-state index is 5.89. The number of rotatable bonds is 7. The smallest absolute Gasteiger partial charge is 0.243 e. The third-order valence-corrected chi connectivity index (χ3v) is 3.40. The number of aryl methyl sites for hydroxylation is 2. The van der Waals surface area contributed by atoms with Crippen molar-refractivity contribution in [2.75, 3.05) is 0 Å². The molecule has 2 aromatic heterocycles. The highest BCUT2D eigenvalue weighted by atomic mass is 16.5. The Labute approximate surface area is 125 Å². The lowest BCUT2D eigenvalue weighted by molar-refractivity contribution is 0.444. The summed E-state index contributed by atoms with van der Waals surface area (Å²) in [6, 6.07) is 0. The van der Waals surface area contributed by atoms with Gasteiger partial charge < -0.3 is 10.5 Å². The van der Waals surface area contributed by atoms with Crippen LogP contribution in [0.5, 0.6) is 11.6 Å². The zero-order valence-electron chi connectivity index (χ0n) is 13.0. The second kappa shape index (κ2) is 7.17. The molecule has 0 amide bonds. The van der Waals surface area contributed by atoms with Gasteiger partial charge in [-0.2, -0.15) is 10.2 Å². The van der Waals surface area contributed by atoms with Crippen LogP contribution in [0.3, 0.4) is 0 Å². The molecule has 0 aromatic carbocycles. The standard InChI is InChI=1S/C15H23N5O/c1-4-7-20-10-11(9-17-20)21-15-13(8-16)12(5-2)14(6-3)18-19-15/h9-10H,4-8,16H2,1-3H3. The van der Waals surface area contributed by atoms with Crippen molar-refractivity contribution in [2.45, 2.75) is 53.1 Å². The van der Waals surface area contributed by atoms with Gasteiger partial charge in [0.15, 0.2) is 5.75 Å². The number of nitrogens with two attached hydrogens (primary N) is 1. The fraction of sp³-hybridized carbons (Fsp3) is 0.533. The minimum Gasteiger partial charge on any atom is -0.434 e. The summed E-state index contributed by atoms with van der Waals surface area (Å²) in [6.45, 7) is 7.53. The van der Waals surface area contributed by atoms with Crippen molar-refractivity contribution in [2.24, 2.45) is 5.73 Å². The predicted octanol–water partition coefficient (Wildman–Crippen LogP) is 2.46. The van der Waals surface area contributed by atoms with E-state index >= 15 is 0 Å². The van der Waals surface area contributed by atoms with E-state index in [0.717, 1.165) is 42.6 Å².